The zero-order valence-corrected chi connectivity index (χ0v) is 27.9. The first kappa shape index (κ1) is 34.8. The number of hydrogen-bond acceptors (Lipinski definition) is 7. The van der Waals surface area contributed by atoms with Gasteiger partial charge in [-0.05, 0) is 74.1 Å². The molecule has 3 aromatic rings. The van der Waals surface area contributed by atoms with Crippen LogP contribution in [0.15, 0.2) is 24.8 Å². The van der Waals surface area contributed by atoms with E-state index in [1.807, 2.05) is 39.8 Å². The highest BCUT2D eigenvalue weighted by Gasteiger charge is 2.38. The molecule has 1 unspecified atom stereocenters. The molecule has 2 aliphatic heterocycles. The van der Waals surface area contributed by atoms with Gasteiger partial charge in [0.05, 0.1) is 34.8 Å². The molecule has 0 radical (unpaired) electrons. The first-order valence-electron chi connectivity index (χ1n) is 15.9. The van der Waals surface area contributed by atoms with Gasteiger partial charge in [0, 0.05) is 51.6 Å². The van der Waals surface area contributed by atoms with Crippen LogP contribution >= 0.6 is 0 Å². The van der Waals surface area contributed by atoms with Crippen LogP contribution in [0.1, 0.15) is 101 Å². The second kappa shape index (κ2) is 13.5. The summed E-state index contributed by atoms with van der Waals surface area (Å²) in [5.74, 6) is -6.11. The predicted octanol–water partition coefficient (Wildman–Crippen LogP) is 5.08. The van der Waals surface area contributed by atoms with E-state index in [1.165, 1.54) is 0 Å². The van der Waals surface area contributed by atoms with Gasteiger partial charge in [-0.2, -0.15) is 0 Å². The Kier molecular flexibility index (Phi) is 9.59. The summed E-state index contributed by atoms with van der Waals surface area (Å²) in [6.45, 7) is 12.4. The number of fused-ring (bicyclic) bond motifs is 8. The molecule has 13 heteroatoms. The van der Waals surface area contributed by atoms with Crippen molar-refractivity contribution in [1.82, 2.24) is 25.3 Å². The van der Waals surface area contributed by atoms with Crippen molar-refractivity contribution in [2.45, 2.75) is 71.8 Å². The molecule has 0 saturated carbocycles. The van der Waals surface area contributed by atoms with Gasteiger partial charge in [0.15, 0.2) is 6.04 Å². The molecule has 3 aromatic heterocycles. The molecule has 0 aromatic carbocycles. The summed E-state index contributed by atoms with van der Waals surface area (Å²) in [6, 6.07) is 3.80. The van der Waals surface area contributed by atoms with Gasteiger partial charge >= 0.3 is 17.9 Å². The normalized spacial score (nSPS) is 16.4. The number of nitrogens with one attached hydrogen (secondary N) is 3. The summed E-state index contributed by atoms with van der Waals surface area (Å²) in [5.41, 5.74) is 6.97. The smallest absolute Gasteiger partial charge is 0.338 e. The fraction of sp³-hybridized carbons (Fsp3) is 0.333. The highest BCUT2D eigenvalue weighted by atomic mass is 16.4. The Morgan fingerprint density at radius 2 is 1.65 bits per heavy atom. The SMILES string of the molecule is C=Cc1c(C)c2cc3nc(c(C(=O)NC(CO)C(=O)O)c4nc(cc5[nH]c(cc1[nH]2)c(C)c5CC)C(C)=C4C(=O)O)[C@@H](CCC(=O)O)[C@@H]3C. The zero-order valence-electron chi connectivity index (χ0n) is 27.9. The Balaban J connectivity index is 2.04. The van der Waals surface area contributed by atoms with E-state index >= 15 is 0 Å². The molecule has 0 saturated heterocycles. The number of carboxylic acids is 3. The number of nitrogens with zero attached hydrogens (tertiary/aromatic N) is 2. The maximum absolute atomic E-state index is 14.2. The molecule has 5 heterocycles. The molecular weight excluding hydrogens is 630 g/mol. The third-order valence-corrected chi connectivity index (χ3v) is 9.53. The van der Waals surface area contributed by atoms with Crippen molar-refractivity contribution in [3.8, 4) is 0 Å². The van der Waals surface area contributed by atoms with Crippen molar-refractivity contribution < 1.29 is 39.6 Å². The van der Waals surface area contributed by atoms with E-state index in [0.717, 1.165) is 33.3 Å². The van der Waals surface area contributed by atoms with Crippen LogP contribution in [-0.2, 0) is 20.8 Å². The van der Waals surface area contributed by atoms with Gasteiger partial charge < -0.3 is 35.7 Å². The molecule has 7 N–H and O–H groups in total. The summed E-state index contributed by atoms with van der Waals surface area (Å²) >= 11 is 0. The van der Waals surface area contributed by atoms with Crippen molar-refractivity contribution in [2.75, 3.05) is 6.61 Å². The largest absolute Gasteiger partial charge is 0.481 e. The number of rotatable bonds is 10. The molecule has 0 spiro atoms. The Bertz CT molecular complexity index is 2120. The number of carbonyl (C=O) groups excluding carboxylic acids is 1. The molecule has 3 atom stereocenters. The predicted molar refractivity (Wildman–Crippen MR) is 184 cm³/mol. The number of aliphatic carboxylic acids is 3. The van der Waals surface area contributed by atoms with Crippen molar-refractivity contribution in [3.63, 3.8) is 0 Å². The number of aromatic amines is 2. The van der Waals surface area contributed by atoms with E-state index in [-0.39, 0.29) is 46.6 Å². The Hall–Kier alpha value is -5.56. The first-order valence-corrected chi connectivity index (χ1v) is 15.9. The highest BCUT2D eigenvalue weighted by molar-refractivity contribution is 6.26. The minimum atomic E-state index is -1.72. The van der Waals surface area contributed by atoms with Crippen molar-refractivity contribution in [3.05, 3.63) is 75.4 Å². The number of H-pyrrole nitrogens is 2. The van der Waals surface area contributed by atoms with Gasteiger partial charge in [-0.25, -0.2) is 14.6 Å². The van der Waals surface area contributed by atoms with E-state index in [1.54, 1.807) is 19.1 Å². The molecule has 13 nitrogen and oxygen atoms in total. The zero-order chi connectivity index (χ0) is 35.9. The number of hydrogen-bond donors (Lipinski definition) is 7. The van der Waals surface area contributed by atoms with Crippen molar-refractivity contribution >= 4 is 63.1 Å². The standard InChI is InChI=1S/C36H39N5O8/c1-7-19-15(3)22-11-24-17(5)21(9-10-29(43)44)32(39-24)31(34(45)41-28(14-42)35(46)47)33-30(36(48)49)18(6)25(40-33)13-27-20(8-2)16(4)23(38-27)12-26(19)37-22/h7,11-13,17,21,28,37-38,42H,1,8-10,14H2,2-6H3,(H,41,45)(H,43,44)(H,46,47)(H,48,49)/t17-,21-,28?/m0/s1. The molecule has 2 aliphatic rings. The Morgan fingerprint density at radius 3 is 2.24 bits per heavy atom. The number of aromatic nitrogens is 4. The monoisotopic (exact) mass is 669 g/mol. The van der Waals surface area contributed by atoms with Gasteiger partial charge in [0.1, 0.15) is 0 Å². The van der Waals surface area contributed by atoms with Crippen LogP contribution in [0.4, 0.5) is 0 Å². The van der Waals surface area contributed by atoms with Crippen LogP contribution < -0.4 is 5.32 Å². The number of amides is 1. The molecular formula is C36H39N5O8. The van der Waals surface area contributed by atoms with Crippen LogP contribution in [-0.4, -0.2) is 76.8 Å². The van der Waals surface area contributed by atoms with Crippen LogP contribution in [0.5, 0.6) is 0 Å². The number of aryl methyl sites for hydroxylation is 3. The quantitative estimate of drug-likeness (QED) is 0.152. The molecule has 0 fully saturated rings. The molecule has 256 valence electrons. The lowest BCUT2D eigenvalue weighted by Crippen LogP contribution is -2.44. The second-order valence-corrected chi connectivity index (χ2v) is 12.4. The Morgan fingerprint density at radius 1 is 0.980 bits per heavy atom. The number of allylic oxidation sites excluding steroid dienone is 1. The number of aliphatic hydroxyl groups is 1. The Labute approximate surface area is 281 Å². The third-order valence-electron chi connectivity index (χ3n) is 9.53. The van der Waals surface area contributed by atoms with Crippen molar-refractivity contribution in [2.24, 2.45) is 0 Å². The third kappa shape index (κ3) is 6.24. The average molecular weight is 670 g/mol. The number of aliphatic hydroxyl groups excluding tert-OH is 1. The number of carboxylic acid groups (broad SMARTS) is 3. The summed E-state index contributed by atoms with van der Waals surface area (Å²) < 4.78 is 0. The maximum atomic E-state index is 14.2. The maximum Gasteiger partial charge on any atom is 0.338 e. The minimum absolute atomic E-state index is 0.0393. The van der Waals surface area contributed by atoms with E-state index in [2.05, 4.69) is 21.9 Å². The van der Waals surface area contributed by atoms with Gasteiger partial charge in [0.25, 0.3) is 5.91 Å². The van der Waals surface area contributed by atoms with Crippen LogP contribution in [0.2, 0.25) is 0 Å². The molecule has 1 amide bonds. The lowest BCUT2D eigenvalue weighted by Gasteiger charge is -2.19. The summed E-state index contributed by atoms with van der Waals surface area (Å²) in [7, 11) is 0. The van der Waals surface area contributed by atoms with E-state index < -0.39 is 48.3 Å². The van der Waals surface area contributed by atoms with Gasteiger partial charge in [-0.15, -0.1) is 0 Å². The van der Waals surface area contributed by atoms with Crippen LogP contribution in [0, 0.1) is 13.8 Å². The average Bonchev–Trinajstić information content (AvgIpc) is 3.71. The molecule has 8 bridgehead atoms. The minimum Gasteiger partial charge on any atom is -0.481 e. The summed E-state index contributed by atoms with van der Waals surface area (Å²) in [4.78, 5) is 67.1. The van der Waals surface area contributed by atoms with Gasteiger partial charge in [0.2, 0.25) is 0 Å². The van der Waals surface area contributed by atoms with Crippen LogP contribution in [0.3, 0.4) is 0 Å². The fourth-order valence-electron chi connectivity index (χ4n) is 6.75. The summed E-state index contributed by atoms with van der Waals surface area (Å²) in [5, 5.41) is 41.8. The van der Waals surface area contributed by atoms with Crippen molar-refractivity contribution in [1.29, 1.82) is 0 Å². The fourth-order valence-corrected chi connectivity index (χ4v) is 6.75. The van der Waals surface area contributed by atoms with Crippen LogP contribution in [0.25, 0.3) is 39.3 Å². The molecule has 0 aliphatic carbocycles. The second-order valence-electron chi connectivity index (χ2n) is 12.4. The molecule has 5 rings (SSSR count). The topological polar surface area (TPSA) is 219 Å². The first-order chi connectivity index (χ1) is 23.2. The van der Waals surface area contributed by atoms with E-state index in [9.17, 15) is 39.6 Å². The van der Waals surface area contributed by atoms with E-state index in [4.69, 9.17) is 9.97 Å². The van der Waals surface area contributed by atoms with Gasteiger partial charge in [-0.3, -0.25) is 14.6 Å². The summed E-state index contributed by atoms with van der Waals surface area (Å²) in [6.07, 6.45) is 2.16. The lowest BCUT2D eigenvalue weighted by atomic mass is 9.84. The van der Waals surface area contributed by atoms with E-state index in [0.29, 0.717) is 23.1 Å². The number of carbonyl (C=O) groups is 4. The highest BCUT2D eigenvalue weighted by Crippen LogP contribution is 2.43. The van der Waals surface area contributed by atoms with Gasteiger partial charge in [-0.1, -0.05) is 26.5 Å². The lowest BCUT2D eigenvalue weighted by molar-refractivity contribution is -0.140. The molecule has 49 heavy (non-hydrogen) atoms.